The maximum absolute atomic E-state index is 15.1. The number of halogens is 4. The SMILES string of the molecule is CCN(CC1CCC(C(F)(F)F)CC1)c1ncnc(NC[C@]2(O)CCNC[C@H]2O)c1F. The van der Waals surface area contributed by atoms with Gasteiger partial charge >= 0.3 is 6.18 Å². The highest BCUT2D eigenvalue weighted by Crippen LogP contribution is 2.40. The molecule has 1 aromatic rings. The first-order valence-corrected chi connectivity index (χ1v) is 10.8. The van der Waals surface area contributed by atoms with Crippen molar-refractivity contribution in [2.24, 2.45) is 11.8 Å². The molecule has 2 fully saturated rings. The summed E-state index contributed by atoms with van der Waals surface area (Å²) in [7, 11) is 0. The van der Waals surface area contributed by atoms with Crippen LogP contribution in [0.4, 0.5) is 29.2 Å². The number of aromatic nitrogens is 2. The molecule has 0 unspecified atom stereocenters. The fourth-order valence-corrected chi connectivity index (χ4v) is 4.40. The second-order valence-electron chi connectivity index (χ2n) is 8.58. The highest BCUT2D eigenvalue weighted by atomic mass is 19.4. The summed E-state index contributed by atoms with van der Waals surface area (Å²) in [5, 5.41) is 26.4. The summed E-state index contributed by atoms with van der Waals surface area (Å²) >= 11 is 0. The van der Waals surface area contributed by atoms with Crippen LogP contribution >= 0.6 is 0 Å². The maximum atomic E-state index is 15.1. The molecule has 1 aliphatic heterocycles. The maximum Gasteiger partial charge on any atom is 0.391 e. The van der Waals surface area contributed by atoms with Gasteiger partial charge in [0.05, 0.1) is 12.0 Å². The first-order chi connectivity index (χ1) is 14.6. The summed E-state index contributed by atoms with van der Waals surface area (Å²) in [6, 6.07) is 0. The average molecular weight is 449 g/mol. The summed E-state index contributed by atoms with van der Waals surface area (Å²) in [5.74, 6) is -1.89. The Labute approximate surface area is 179 Å². The van der Waals surface area contributed by atoms with Gasteiger partial charge in [0.25, 0.3) is 0 Å². The predicted octanol–water partition coefficient (Wildman–Crippen LogP) is 2.31. The number of alkyl halides is 3. The zero-order chi connectivity index (χ0) is 22.6. The number of hydrogen-bond donors (Lipinski definition) is 4. The van der Waals surface area contributed by atoms with Crippen molar-refractivity contribution in [3.05, 3.63) is 12.1 Å². The molecule has 7 nitrogen and oxygen atoms in total. The Morgan fingerprint density at radius 2 is 1.97 bits per heavy atom. The van der Waals surface area contributed by atoms with Gasteiger partial charge in [-0.25, -0.2) is 9.97 Å². The zero-order valence-electron chi connectivity index (χ0n) is 17.6. The number of rotatable bonds is 7. The molecule has 0 spiro atoms. The Kier molecular flexibility index (Phi) is 7.59. The molecule has 2 aliphatic rings. The lowest BCUT2D eigenvalue weighted by molar-refractivity contribution is -0.183. The second-order valence-corrected chi connectivity index (χ2v) is 8.58. The van der Waals surface area contributed by atoms with Gasteiger partial charge in [0.1, 0.15) is 11.9 Å². The Morgan fingerprint density at radius 3 is 2.58 bits per heavy atom. The van der Waals surface area contributed by atoms with Crippen LogP contribution in [0.25, 0.3) is 0 Å². The van der Waals surface area contributed by atoms with Crippen molar-refractivity contribution in [3.63, 3.8) is 0 Å². The number of nitrogens with one attached hydrogen (secondary N) is 2. The Hall–Kier alpha value is -1.72. The molecule has 0 bridgehead atoms. The summed E-state index contributed by atoms with van der Waals surface area (Å²) in [5.41, 5.74) is -1.40. The van der Waals surface area contributed by atoms with Gasteiger partial charge in [-0.05, 0) is 51.5 Å². The first-order valence-electron chi connectivity index (χ1n) is 10.8. The van der Waals surface area contributed by atoms with Crippen LogP contribution in [-0.2, 0) is 0 Å². The molecule has 1 aliphatic carbocycles. The highest BCUT2D eigenvalue weighted by molar-refractivity contribution is 5.51. The molecule has 0 amide bonds. The third-order valence-electron chi connectivity index (χ3n) is 6.50. The monoisotopic (exact) mass is 449 g/mol. The Morgan fingerprint density at radius 1 is 1.26 bits per heavy atom. The summed E-state index contributed by atoms with van der Waals surface area (Å²) in [4.78, 5) is 9.69. The quantitative estimate of drug-likeness (QED) is 0.475. The number of anilines is 2. The van der Waals surface area contributed by atoms with E-state index in [1.54, 1.807) is 4.90 Å². The minimum Gasteiger partial charge on any atom is -0.389 e. The van der Waals surface area contributed by atoms with Crippen molar-refractivity contribution >= 4 is 11.6 Å². The van der Waals surface area contributed by atoms with Crippen molar-refractivity contribution in [1.29, 1.82) is 0 Å². The van der Waals surface area contributed by atoms with E-state index in [4.69, 9.17) is 0 Å². The molecule has 0 aromatic carbocycles. The van der Waals surface area contributed by atoms with Crippen molar-refractivity contribution in [2.45, 2.75) is 56.9 Å². The van der Waals surface area contributed by atoms with Crippen LogP contribution in [0.5, 0.6) is 0 Å². The molecule has 2 atom stereocenters. The van der Waals surface area contributed by atoms with E-state index in [0.29, 0.717) is 38.9 Å². The molecule has 3 rings (SSSR count). The predicted molar refractivity (Wildman–Crippen MR) is 108 cm³/mol. The van der Waals surface area contributed by atoms with E-state index in [2.05, 4.69) is 20.6 Å². The lowest BCUT2D eigenvalue weighted by Gasteiger charge is -2.37. The van der Waals surface area contributed by atoms with Gasteiger partial charge in [0, 0.05) is 26.2 Å². The van der Waals surface area contributed by atoms with Gasteiger partial charge in [0.2, 0.25) is 5.82 Å². The van der Waals surface area contributed by atoms with E-state index < -0.39 is 29.6 Å². The number of aliphatic hydroxyl groups is 2. The third-order valence-corrected chi connectivity index (χ3v) is 6.50. The Bertz CT molecular complexity index is 730. The highest BCUT2D eigenvalue weighted by Gasteiger charge is 2.42. The van der Waals surface area contributed by atoms with Crippen molar-refractivity contribution in [3.8, 4) is 0 Å². The van der Waals surface area contributed by atoms with Crippen LogP contribution in [0, 0.1) is 17.7 Å². The van der Waals surface area contributed by atoms with Gasteiger partial charge in [-0.15, -0.1) is 0 Å². The van der Waals surface area contributed by atoms with Gasteiger partial charge in [-0.2, -0.15) is 17.6 Å². The lowest BCUT2D eigenvalue weighted by Crippen LogP contribution is -2.57. The molecule has 4 N–H and O–H groups in total. The summed E-state index contributed by atoms with van der Waals surface area (Å²) < 4.78 is 53.8. The zero-order valence-corrected chi connectivity index (χ0v) is 17.6. The number of β-amino-alcohol motifs (C(OH)–C–C–N with tert-alkyl or cyclic N) is 1. The largest absolute Gasteiger partial charge is 0.391 e. The molecule has 31 heavy (non-hydrogen) atoms. The topological polar surface area (TPSA) is 93.5 Å². The van der Waals surface area contributed by atoms with Crippen LogP contribution in [0.15, 0.2) is 6.33 Å². The number of nitrogens with zero attached hydrogens (tertiary/aromatic N) is 3. The number of hydrogen-bond acceptors (Lipinski definition) is 7. The number of piperidine rings is 1. The number of aliphatic hydroxyl groups excluding tert-OH is 1. The van der Waals surface area contributed by atoms with Crippen molar-refractivity contribution in [2.75, 3.05) is 42.9 Å². The molecule has 176 valence electrons. The summed E-state index contributed by atoms with van der Waals surface area (Å²) in [6.45, 7) is 3.41. The van der Waals surface area contributed by atoms with E-state index in [1.807, 2.05) is 6.92 Å². The normalized spacial score (nSPS) is 29.6. The fourth-order valence-electron chi connectivity index (χ4n) is 4.40. The molecule has 0 radical (unpaired) electrons. The third kappa shape index (κ3) is 5.75. The van der Waals surface area contributed by atoms with Gasteiger partial charge in [0.15, 0.2) is 11.6 Å². The minimum atomic E-state index is -4.15. The second kappa shape index (κ2) is 9.83. The van der Waals surface area contributed by atoms with E-state index in [0.717, 1.165) is 0 Å². The van der Waals surface area contributed by atoms with Gasteiger partial charge < -0.3 is 25.7 Å². The smallest absolute Gasteiger partial charge is 0.389 e. The molecular formula is C20H31F4N5O2. The Balaban J connectivity index is 1.63. The lowest BCUT2D eigenvalue weighted by atomic mass is 9.81. The molecule has 11 heteroatoms. The van der Waals surface area contributed by atoms with Crippen LogP contribution < -0.4 is 15.5 Å². The van der Waals surface area contributed by atoms with Crippen LogP contribution in [-0.4, -0.2) is 70.8 Å². The minimum absolute atomic E-state index is 0.0370. The standard InChI is InChI=1S/C20H31F4N5O2/c1-2-29(10-13-3-5-14(6-4-13)20(22,23)24)18-16(21)17(27-12-28-18)26-11-19(31)7-8-25-9-15(19)30/h12-15,25,30-31H,2-11H2,1H3,(H,26,27,28)/t13?,14?,15-,19-/m1/s1. The van der Waals surface area contributed by atoms with Crippen LogP contribution in [0.1, 0.15) is 39.0 Å². The molecular weight excluding hydrogens is 418 g/mol. The van der Waals surface area contributed by atoms with Crippen molar-refractivity contribution < 1.29 is 27.8 Å². The van der Waals surface area contributed by atoms with E-state index in [1.165, 1.54) is 6.33 Å². The first kappa shape index (κ1) is 23.9. The summed E-state index contributed by atoms with van der Waals surface area (Å²) in [6.07, 6.45) is -2.54. The van der Waals surface area contributed by atoms with E-state index >= 15 is 4.39 Å². The molecule has 2 heterocycles. The molecule has 1 saturated carbocycles. The fraction of sp³-hybridized carbons (Fsp3) is 0.800. The molecule has 1 aromatic heterocycles. The van der Waals surface area contributed by atoms with Gasteiger partial charge in [-0.1, -0.05) is 0 Å². The van der Waals surface area contributed by atoms with Gasteiger partial charge in [-0.3, -0.25) is 0 Å². The van der Waals surface area contributed by atoms with E-state index in [9.17, 15) is 23.4 Å². The average Bonchev–Trinajstić information content (AvgIpc) is 2.73. The molecule has 1 saturated heterocycles. The van der Waals surface area contributed by atoms with Crippen molar-refractivity contribution in [1.82, 2.24) is 15.3 Å². The van der Waals surface area contributed by atoms with Crippen LogP contribution in [0.3, 0.4) is 0 Å². The van der Waals surface area contributed by atoms with Crippen LogP contribution in [0.2, 0.25) is 0 Å². The van der Waals surface area contributed by atoms with E-state index in [-0.39, 0.29) is 43.5 Å².